The Labute approximate surface area is 118 Å². The average molecular weight is 279 g/mol. The van der Waals surface area contributed by atoms with Crippen LogP contribution < -0.4 is 14.8 Å². The third kappa shape index (κ3) is 3.22. The van der Waals surface area contributed by atoms with Crippen molar-refractivity contribution in [1.29, 1.82) is 0 Å². The molecule has 1 unspecified atom stereocenters. The molecule has 1 aliphatic rings. The summed E-state index contributed by atoms with van der Waals surface area (Å²) in [5.74, 6) is 0.285. The van der Waals surface area contributed by atoms with Gasteiger partial charge in [-0.1, -0.05) is 12.8 Å². The molecular formula is C15H21NO4. The largest absolute Gasteiger partial charge is 0.497 e. The van der Waals surface area contributed by atoms with Gasteiger partial charge in [-0.15, -0.1) is 0 Å². The Kier molecular flexibility index (Phi) is 4.84. The van der Waals surface area contributed by atoms with E-state index in [1.165, 1.54) is 0 Å². The molecule has 0 saturated heterocycles. The second kappa shape index (κ2) is 6.61. The molecule has 1 aromatic carbocycles. The summed E-state index contributed by atoms with van der Waals surface area (Å²) in [7, 11) is 3.10. The maximum absolute atomic E-state index is 11.6. The highest BCUT2D eigenvalue weighted by molar-refractivity contribution is 5.77. The highest BCUT2D eigenvalue weighted by Gasteiger charge is 2.28. The van der Waals surface area contributed by atoms with Crippen molar-refractivity contribution in [2.75, 3.05) is 14.2 Å². The minimum Gasteiger partial charge on any atom is -0.497 e. The van der Waals surface area contributed by atoms with Crippen molar-refractivity contribution in [1.82, 2.24) is 5.32 Å². The summed E-state index contributed by atoms with van der Waals surface area (Å²) in [6.45, 7) is 0. The molecule has 1 fully saturated rings. The summed E-state index contributed by atoms with van der Waals surface area (Å²) in [5.41, 5.74) is 0.603. The molecule has 2 N–H and O–H groups in total. The van der Waals surface area contributed by atoms with Gasteiger partial charge in [0.05, 0.1) is 14.2 Å². The zero-order valence-electron chi connectivity index (χ0n) is 11.9. The molecule has 0 radical (unpaired) electrons. The highest BCUT2D eigenvalue weighted by Crippen LogP contribution is 2.31. The lowest BCUT2D eigenvalue weighted by molar-refractivity contribution is -0.140. The van der Waals surface area contributed by atoms with Crippen LogP contribution in [0.1, 0.15) is 37.3 Å². The molecule has 0 spiro atoms. The predicted molar refractivity (Wildman–Crippen MR) is 75.3 cm³/mol. The first-order valence-corrected chi connectivity index (χ1v) is 6.86. The monoisotopic (exact) mass is 279 g/mol. The number of methoxy groups -OCH3 is 2. The maximum Gasteiger partial charge on any atom is 0.325 e. The fraction of sp³-hybridized carbons (Fsp3) is 0.533. The molecule has 0 bridgehead atoms. The molecule has 110 valence electrons. The van der Waals surface area contributed by atoms with E-state index in [1.807, 2.05) is 0 Å². The fourth-order valence-electron chi connectivity index (χ4n) is 2.69. The van der Waals surface area contributed by atoms with E-state index in [9.17, 15) is 9.90 Å². The van der Waals surface area contributed by atoms with Gasteiger partial charge in [0, 0.05) is 11.6 Å². The number of aliphatic carboxylic acids is 1. The van der Waals surface area contributed by atoms with Crippen molar-refractivity contribution in [2.45, 2.75) is 37.8 Å². The Bertz CT molecular complexity index is 469. The molecule has 1 aromatic rings. The van der Waals surface area contributed by atoms with Crippen LogP contribution in [-0.4, -0.2) is 31.3 Å². The van der Waals surface area contributed by atoms with Gasteiger partial charge in [-0.2, -0.15) is 0 Å². The van der Waals surface area contributed by atoms with Crippen molar-refractivity contribution in [2.24, 2.45) is 0 Å². The Morgan fingerprint density at radius 2 is 2.00 bits per heavy atom. The van der Waals surface area contributed by atoms with Gasteiger partial charge in [0.15, 0.2) is 0 Å². The third-order valence-corrected chi connectivity index (χ3v) is 3.75. The van der Waals surface area contributed by atoms with E-state index in [4.69, 9.17) is 9.47 Å². The minimum absolute atomic E-state index is 0.256. The van der Waals surface area contributed by atoms with Crippen LogP contribution >= 0.6 is 0 Å². The molecule has 1 aliphatic carbocycles. The summed E-state index contributed by atoms with van der Waals surface area (Å²) < 4.78 is 10.5. The number of nitrogens with one attached hydrogen (secondary N) is 1. The van der Waals surface area contributed by atoms with Gasteiger partial charge in [-0.3, -0.25) is 10.1 Å². The SMILES string of the molecule is COc1ccc(OC)c(C(NC2CCCC2)C(=O)O)c1. The Morgan fingerprint density at radius 3 is 2.55 bits per heavy atom. The normalized spacial score (nSPS) is 16.9. The summed E-state index contributed by atoms with van der Waals surface area (Å²) in [6.07, 6.45) is 4.35. The molecule has 5 heteroatoms. The Morgan fingerprint density at radius 1 is 1.30 bits per heavy atom. The Hall–Kier alpha value is -1.75. The smallest absolute Gasteiger partial charge is 0.325 e. The van der Waals surface area contributed by atoms with E-state index in [1.54, 1.807) is 32.4 Å². The van der Waals surface area contributed by atoms with Gasteiger partial charge in [0.1, 0.15) is 17.5 Å². The van der Waals surface area contributed by atoms with Crippen LogP contribution in [0.4, 0.5) is 0 Å². The van der Waals surface area contributed by atoms with Gasteiger partial charge in [0.2, 0.25) is 0 Å². The zero-order valence-corrected chi connectivity index (χ0v) is 11.9. The molecular weight excluding hydrogens is 258 g/mol. The minimum atomic E-state index is -0.900. The predicted octanol–water partition coefficient (Wildman–Crippen LogP) is 2.36. The molecule has 0 aromatic heterocycles. The molecule has 20 heavy (non-hydrogen) atoms. The molecule has 1 saturated carbocycles. The molecule has 5 nitrogen and oxygen atoms in total. The number of hydrogen-bond acceptors (Lipinski definition) is 4. The van der Waals surface area contributed by atoms with Gasteiger partial charge >= 0.3 is 5.97 Å². The van der Waals surface area contributed by atoms with Crippen molar-refractivity contribution in [3.05, 3.63) is 23.8 Å². The standard InChI is InChI=1S/C15H21NO4/c1-19-11-7-8-13(20-2)12(9-11)14(15(17)18)16-10-5-3-4-6-10/h7-10,14,16H,3-6H2,1-2H3,(H,17,18). The summed E-state index contributed by atoms with van der Waals surface area (Å²) in [5, 5.41) is 12.7. The number of carboxylic acids is 1. The second-order valence-electron chi connectivity index (χ2n) is 5.03. The van der Waals surface area contributed by atoms with Gasteiger partial charge in [0.25, 0.3) is 0 Å². The quantitative estimate of drug-likeness (QED) is 0.836. The van der Waals surface area contributed by atoms with Crippen molar-refractivity contribution in [3.63, 3.8) is 0 Å². The average Bonchev–Trinajstić information content (AvgIpc) is 2.96. The number of rotatable bonds is 6. The van der Waals surface area contributed by atoms with Crippen LogP contribution in [0.15, 0.2) is 18.2 Å². The summed E-state index contributed by atoms with van der Waals surface area (Å²) in [4.78, 5) is 11.6. The van der Waals surface area contributed by atoms with E-state index >= 15 is 0 Å². The number of carboxylic acid groups (broad SMARTS) is 1. The van der Waals surface area contributed by atoms with E-state index in [-0.39, 0.29) is 6.04 Å². The van der Waals surface area contributed by atoms with Crippen molar-refractivity contribution in [3.8, 4) is 11.5 Å². The highest BCUT2D eigenvalue weighted by atomic mass is 16.5. The van der Waals surface area contributed by atoms with Gasteiger partial charge in [-0.05, 0) is 31.0 Å². The van der Waals surface area contributed by atoms with Gasteiger partial charge in [-0.25, -0.2) is 0 Å². The lowest BCUT2D eigenvalue weighted by Crippen LogP contribution is -2.35. The first-order chi connectivity index (χ1) is 9.65. The first kappa shape index (κ1) is 14.7. The Balaban J connectivity index is 2.29. The van der Waals surface area contributed by atoms with E-state index in [2.05, 4.69) is 5.32 Å². The lowest BCUT2D eigenvalue weighted by atomic mass is 10.0. The van der Waals surface area contributed by atoms with Crippen LogP contribution in [0.25, 0.3) is 0 Å². The number of hydrogen-bond donors (Lipinski definition) is 2. The van der Waals surface area contributed by atoms with Crippen LogP contribution in [0.5, 0.6) is 11.5 Å². The first-order valence-electron chi connectivity index (χ1n) is 6.86. The fourth-order valence-corrected chi connectivity index (χ4v) is 2.69. The maximum atomic E-state index is 11.6. The van der Waals surface area contributed by atoms with Crippen LogP contribution in [0, 0.1) is 0 Å². The molecule has 0 aliphatic heterocycles. The molecule has 1 atom stereocenters. The van der Waals surface area contributed by atoms with E-state index < -0.39 is 12.0 Å². The molecule has 0 amide bonds. The molecule has 0 heterocycles. The second-order valence-corrected chi connectivity index (χ2v) is 5.03. The number of ether oxygens (including phenoxy) is 2. The van der Waals surface area contributed by atoms with E-state index in [0.29, 0.717) is 17.1 Å². The van der Waals surface area contributed by atoms with Crippen LogP contribution in [-0.2, 0) is 4.79 Å². The van der Waals surface area contributed by atoms with Crippen LogP contribution in [0.3, 0.4) is 0 Å². The lowest BCUT2D eigenvalue weighted by Gasteiger charge is -2.22. The topological polar surface area (TPSA) is 67.8 Å². The summed E-state index contributed by atoms with van der Waals surface area (Å²) in [6, 6.07) is 4.70. The van der Waals surface area contributed by atoms with Crippen molar-refractivity contribution < 1.29 is 19.4 Å². The number of carbonyl (C=O) groups is 1. The van der Waals surface area contributed by atoms with Crippen LogP contribution in [0.2, 0.25) is 0 Å². The zero-order chi connectivity index (χ0) is 14.5. The third-order valence-electron chi connectivity index (χ3n) is 3.75. The van der Waals surface area contributed by atoms with Gasteiger partial charge < -0.3 is 14.6 Å². The summed E-state index contributed by atoms with van der Waals surface area (Å²) >= 11 is 0. The molecule has 2 rings (SSSR count). The number of benzene rings is 1. The van der Waals surface area contributed by atoms with Crippen molar-refractivity contribution >= 4 is 5.97 Å². The van der Waals surface area contributed by atoms with E-state index in [0.717, 1.165) is 25.7 Å².